The zero-order chi connectivity index (χ0) is 21.9. The van der Waals surface area contributed by atoms with Crippen molar-refractivity contribution in [3.63, 3.8) is 0 Å². The van der Waals surface area contributed by atoms with Crippen LogP contribution in [0.5, 0.6) is 0 Å². The van der Waals surface area contributed by atoms with Crippen LogP contribution in [0.15, 0.2) is 79.1 Å². The fourth-order valence-electron chi connectivity index (χ4n) is 5.49. The van der Waals surface area contributed by atoms with Crippen molar-refractivity contribution in [1.29, 1.82) is 0 Å². The van der Waals surface area contributed by atoms with Gasteiger partial charge in [-0.3, -0.25) is 4.79 Å². The first-order chi connectivity index (χ1) is 15.7. The highest BCUT2D eigenvalue weighted by Gasteiger charge is 2.38. The minimum atomic E-state index is 0. The maximum absolute atomic E-state index is 14.0. The summed E-state index contributed by atoms with van der Waals surface area (Å²) in [4.78, 5) is 18.6. The van der Waals surface area contributed by atoms with Crippen LogP contribution >= 0.6 is 0 Å². The molecular formula is C28H32IN3O. The van der Waals surface area contributed by atoms with Crippen LogP contribution in [-0.2, 0) is 7.05 Å². The van der Waals surface area contributed by atoms with Crippen molar-refractivity contribution in [3.05, 3.63) is 95.8 Å². The number of carbonyl (C=O) groups is 1. The third-order valence-corrected chi connectivity index (χ3v) is 7.02. The number of hydrogen-bond donors (Lipinski definition) is 0. The Labute approximate surface area is 214 Å². The molecule has 0 aliphatic carbocycles. The molecule has 2 aliphatic rings. The van der Waals surface area contributed by atoms with E-state index in [-0.39, 0.29) is 41.8 Å². The number of nitrogens with zero attached hydrogens (tertiary/aromatic N) is 3. The van der Waals surface area contributed by atoms with Crippen molar-refractivity contribution in [3.8, 4) is 0 Å². The lowest BCUT2D eigenvalue weighted by atomic mass is 9.83. The fraction of sp³-hybridized carbons (Fsp3) is 0.357. The van der Waals surface area contributed by atoms with E-state index in [0.29, 0.717) is 0 Å². The molecule has 0 radical (unpaired) electrons. The largest absolute Gasteiger partial charge is 1.00 e. The monoisotopic (exact) mass is 553 g/mol. The number of aromatic nitrogens is 1. The molecule has 33 heavy (non-hydrogen) atoms. The summed E-state index contributed by atoms with van der Waals surface area (Å²) in [6.45, 7) is 2.89. The van der Waals surface area contributed by atoms with Crippen molar-refractivity contribution in [2.24, 2.45) is 7.05 Å². The predicted octanol–water partition coefficient (Wildman–Crippen LogP) is 1.55. The second kappa shape index (κ2) is 10.7. The van der Waals surface area contributed by atoms with E-state index in [1.54, 1.807) is 0 Å². The van der Waals surface area contributed by atoms with Gasteiger partial charge in [0.25, 0.3) is 5.91 Å². The Balaban J connectivity index is 0.00000259. The normalized spacial score (nSPS) is 17.9. The SMILES string of the molecule is C[n+]1ccc(N2CCCC2)c(C(=O)N2CCC[C@H]2C(c2ccccc2)c2ccccc2)c1.[I-]. The molecule has 5 rings (SSSR count). The van der Waals surface area contributed by atoms with Gasteiger partial charge in [0.2, 0.25) is 0 Å². The number of rotatable bonds is 5. The maximum Gasteiger partial charge on any atom is 0.262 e. The Morgan fingerprint density at radius 2 is 1.48 bits per heavy atom. The van der Waals surface area contributed by atoms with E-state index in [9.17, 15) is 4.79 Å². The summed E-state index contributed by atoms with van der Waals surface area (Å²) in [5.41, 5.74) is 4.49. The molecular weight excluding hydrogens is 521 g/mol. The van der Waals surface area contributed by atoms with Gasteiger partial charge in [-0.15, -0.1) is 0 Å². The average molecular weight is 553 g/mol. The molecule has 1 amide bonds. The number of halogens is 1. The minimum absolute atomic E-state index is 0. The Morgan fingerprint density at radius 1 is 0.879 bits per heavy atom. The molecule has 0 saturated carbocycles. The highest BCUT2D eigenvalue weighted by atomic mass is 127. The van der Waals surface area contributed by atoms with Crippen LogP contribution in [0.4, 0.5) is 5.69 Å². The summed E-state index contributed by atoms with van der Waals surface area (Å²) in [6.07, 6.45) is 8.55. The van der Waals surface area contributed by atoms with Crippen LogP contribution in [0.25, 0.3) is 0 Å². The van der Waals surface area contributed by atoms with Gasteiger partial charge in [0.15, 0.2) is 12.4 Å². The van der Waals surface area contributed by atoms with E-state index >= 15 is 0 Å². The smallest absolute Gasteiger partial charge is 0.262 e. The van der Waals surface area contributed by atoms with E-state index in [1.807, 2.05) is 17.8 Å². The molecule has 4 nitrogen and oxygen atoms in total. The molecule has 1 atom stereocenters. The van der Waals surface area contributed by atoms with Crippen molar-refractivity contribution in [2.45, 2.75) is 37.6 Å². The molecule has 3 aromatic rings. The first kappa shape index (κ1) is 23.7. The highest BCUT2D eigenvalue weighted by molar-refractivity contribution is 5.99. The number of likely N-dealkylation sites (tertiary alicyclic amines) is 1. The van der Waals surface area contributed by atoms with Gasteiger partial charge in [-0.05, 0) is 36.8 Å². The van der Waals surface area contributed by atoms with Gasteiger partial charge in [0, 0.05) is 37.7 Å². The highest BCUT2D eigenvalue weighted by Crippen LogP contribution is 2.38. The molecule has 5 heteroatoms. The predicted molar refractivity (Wildman–Crippen MR) is 128 cm³/mol. The first-order valence-corrected chi connectivity index (χ1v) is 11.9. The number of aryl methyl sites for hydroxylation is 1. The topological polar surface area (TPSA) is 27.4 Å². The van der Waals surface area contributed by atoms with Crippen LogP contribution in [0.2, 0.25) is 0 Å². The van der Waals surface area contributed by atoms with E-state index in [1.165, 1.54) is 24.0 Å². The number of amides is 1. The van der Waals surface area contributed by atoms with Gasteiger partial charge in [-0.25, -0.2) is 4.57 Å². The Morgan fingerprint density at radius 3 is 2.09 bits per heavy atom. The third-order valence-electron chi connectivity index (χ3n) is 7.02. The fourth-order valence-corrected chi connectivity index (χ4v) is 5.49. The second-order valence-electron chi connectivity index (χ2n) is 9.11. The molecule has 172 valence electrons. The summed E-state index contributed by atoms with van der Waals surface area (Å²) in [6, 6.07) is 23.7. The number of carbonyl (C=O) groups excluding carboxylic acids is 1. The average Bonchev–Trinajstić information content (AvgIpc) is 3.53. The summed E-state index contributed by atoms with van der Waals surface area (Å²) in [5, 5.41) is 0. The summed E-state index contributed by atoms with van der Waals surface area (Å²) >= 11 is 0. The molecule has 0 bridgehead atoms. The standard InChI is InChI=1S/C28H32N3O.HI/c1-29-20-16-25(30-17-8-9-18-30)24(21-29)28(32)31-19-10-15-26(31)27(22-11-4-2-5-12-22)23-13-6-3-7-14-23;/h2-7,11-14,16,20-21,26-27H,8-10,15,17-19H2,1H3;1H/q+1;/p-1/t26-;/m0./s1. The van der Waals surface area contributed by atoms with Gasteiger partial charge in [0.1, 0.15) is 12.6 Å². The van der Waals surface area contributed by atoms with E-state index in [2.05, 4.69) is 82.7 Å². The van der Waals surface area contributed by atoms with Crippen molar-refractivity contribution in [1.82, 2.24) is 4.90 Å². The molecule has 3 heterocycles. The summed E-state index contributed by atoms with van der Waals surface area (Å²) in [5.74, 6) is 0.346. The molecule has 0 spiro atoms. The molecule has 1 aromatic heterocycles. The quantitative estimate of drug-likeness (QED) is 0.355. The minimum Gasteiger partial charge on any atom is -1.00 e. The van der Waals surface area contributed by atoms with Gasteiger partial charge >= 0.3 is 0 Å². The van der Waals surface area contributed by atoms with Crippen LogP contribution in [-0.4, -0.2) is 36.5 Å². The molecule has 2 aromatic carbocycles. The first-order valence-electron chi connectivity index (χ1n) is 11.9. The zero-order valence-corrected chi connectivity index (χ0v) is 21.4. The lowest BCUT2D eigenvalue weighted by Crippen LogP contribution is -3.00. The molecule has 0 N–H and O–H groups in total. The van der Waals surface area contributed by atoms with Crippen molar-refractivity contribution >= 4 is 11.6 Å². The lowest BCUT2D eigenvalue weighted by molar-refractivity contribution is -0.671. The lowest BCUT2D eigenvalue weighted by Gasteiger charge is -2.33. The van der Waals surface area contributed by atoms with E-state index in [0.717, 1.165) is 43.7 Å². The zero-order valence-electron chi connectivity index (χ0n) is 19.2. The molecule has 0 unspecified atom stereocenters. The van der Waals surface area contributed by atoms with Gasteiger partial charge in [-0.2, -0.15) is 0 Å². The molecule has 2 saturated heterocycles. The second-order valence-corrected chi connectivity index (χ2v) is 9.11. The summed E-state index contributed by atoms with van der Waals surface area (Å²) < 4.78 is 2.00. The summed E-state index contributed by atoms with van der Waals surface area (Å²) in [7, 11) is 2.00. The van der Waals surface area contributed by atoms with Gasteiger partial charge in [-0.1, -0.05) is 60.7 Å². The van der Waals surface area contributed by atoms with Crippen LogP contribution < -0.4 is 33.4 Å². The maximum atomic E-state index is 14.0. The Bertz CT molecular complexity index is 1030. The Kier molecular flexibility index (Phi) is 7.68. The van der Waals surface area contributed by atoms with Crippen molar-refractivity contribution in [2.75, 3.05) is 24.5 Å². The van der Waals surface area contributed by atoms with E-state index in [4.69, 9.17) is 0 Å². The number of hydrogen-bond acceptors (Lipinski definition) is 2. The molecule has 2 fully saturated rings. The number of pyridine rings is 1. The van der Waals surface area contributed by atoms with Crippen LogP contribution in [0.3, 0.4) is 0 Å². The van der Waals surface area contributed by atoms with Gasteiger partial charge in [0.05, 0.1) is 5.69 Å². The van der Waals surface area contributed by atoms with Crippen LogP contribution in [0, 0.1) is 0 Å². The Hall–Kier alpha value is -2.41. The van der Waals surface area contributed by atoms with E-state index < -0.39 is 0 Å². The van der Waals surface area contributed by atoms with Crippen molar-refractivity contribution < 1.29 is 33.3 Å². The van der Waals surface area contributed by atoms with Gasteiger partial charge < -0.3 is 33.8 Å². The molecule has 2 aliphatic heterocycles. The number of benzene rings is 2. The third kappa shape index (κ3) is 4.93. The number of anilines is 1. The van der Waals surface area contributed by atoms with Crippen LogP contribution in [0.1, 0.15) is 53.1 Å².